The maximum absolute atomic E-state index is 12.5. The molecule has 134 valence electrons. The number of β-amino-alcohol motifs (C(OH)–C–C–N with tert-alkyl or cyclic N) is 1. The zero-order valence-corrected chi connectivity index (χ0v) is 15.9. The minimum Gasteiger partial charge on any atom is -0.488 e. The number of hydrogen-bond acceptors (Lipinski definition) is 4. The van der Waals surface area contributed by atoms with Crippen molar-refractivity contribution in [2.45, 2.75) is 38.4 Å². The van der Waals surface area contributed by atoms with Crippen molar-refractivity contribution < 1.29 is 14.6 Å². The third-order valence-electron chi connectivity index (χ3n) is 4.40. The molecule has 0 spiro atoms. The summed E-state index contributed by atoms with van der Waals surface area (Å²) in [6.45, 7) is 5.09. The average Bonchev–Trinajstić information content (AvgIpc) is 3.02. The number of nitrogens with zero attached hydrogens (tertiary/aromatic N) is 1. The molecule has 0 bridgehead atoms. The first-order chi connectivity index (χ1) is 11.9. The molecule has 25 heavy (non-hydrogen) atoms. The van der Waals surface area contributed by atoms with E-state index in [1.54, 1.807) is 17.0 Å². The Labute approximate surface area is 157 Å². The Balaban J connectivity index is 1.62. The van der Waals surface area contributed by atoms with Gasteiger partial charge >= 0.3 is 0 Å². The van der Waals surface area contributed by atoms with Gasteiger partial charge in [0.05, 0.1) is 15.8 Å². The summed E-state index contributed by atoms with van der Waals surface area (Å²) < 4.78 is 6.58. The Hall–Kier alpha value is -1.56. The highest BCUT2D eigenvalue weighted by atomic mass is 35.5. The first kappa shape index (κ1) is 18.2. The lowest BCUT2D eigenvalue weighted by Gasteiger charge is -2.35. The quantitative estimate of drug-likeness (QED) is 0.866. The van der Waals surface area contributed by atoms with E-state index in [0.717, 1.165) is 5.75 Å². The Kier molecular flexibility index (Phi) is 5.67. The summed E-state index contributed by atoms with van der Waals surface area (Å²) in [6.07, 6.45) is -0.424. The lowest BCUT2D eigenvalue weighted by atomic mass is 10.0. The van der Waals surface area contributed by atoms with E-state index in [4.69, 9.17) is 16.3 Å². The van der Waals surface area contributed by atoms with Crippen LogP contribution in [0, 0.1) is 0 Å². The fraction of sp³-hybridized carbons (Fsp3) is 0.421. The van der Waals surface area contributed by atoms with Gasteiger partial charge in [0.15, 0.2) is 0 Å². The molecule has 1 fully saturated rings. The minimum absolute atomic E-state index is 0.0868. The molecule has 0 unspecified atom stereocenters. The summed E-state index contributed by atoms with van der Waals surface area (Å²) >= 11 is 7.16. The van der Waals surface area contributed by atoms with Gasteiger partial charge in [-0.2, -0.15) is 0 Å². The van der Waals surface area contributed by atoms with Crippen molar-refractivity contribution in [1.82, 2.24) is 4.90 Å². The Morgan fingerprint density at radius 2 is 2.16 bits per heavy atom. The Morgan fingerprint density at radius 3 is 2.80 bits per heavy atom. The molecule has 2 atom stereocenters. The number of carbonyl (C=O) groups excluding carboxylic acids is 1. The smallest absolute Gasteiger partial charge is 0.264 e. The van der Waals surface area contributed by atoms with Gasteiger partial charge < -0.3 is 14.7 Å². The lowest BCUT2D eigenvalue weighted by Crippen LogP contribution is -2.50. The van der Waals surface area contributed by atoms with Crippen molar-refractivity contribution in [3.05, 3.63) is 51.2 Å². The van der Waals surface area contributed by atoms with Gasteiger partial charge in [-0.05, 0) is 35.7 Å². The maximum atomic E-state index is 12.5. The number of carbonyl (C=O) groups is 1. The molecule has 1 amide bonds. The summed E-state index contributed by atoms with van der Waals surface area (Å²) in [4.78, 5) is 14.7. The molecule has 1 aliphatic rings. The van der Waals surface area contributed by atoms with E-state index < -0.39 is 6.10 Å². The van der Waals surface area contributed by atoms with Crippen molar-refractivity contribution in [2.24, 2.45) is 0 Å². The van der Waals surface area contributed by atoms with E-state index in [1.807, 2.05) is 18.2 Å². The molecule has 3 rings (SSSR count). The molecule has 1 aromatic carbocycles. The molecule has 2 aromatic rings. The second-order valence-electron chi connectivity index (χ2n) is 6.59. The Bertz CT molecular complexity index is 746. The monoisotopic (exact) mass is 379 g/mol. The first-order valence-electron chi connectivity index (χ1n) is 8.43. The van der Waals surface area contributed by atoms with Gasteiger partial charge in [0.25, 0.3) is 5.91 Å². The molecular weight excluding hydrogens is 358 g/mol. The highest BCUT2D eigenvalue weighted by Gasteiger charge is 2.32. The number of hydrogen-bond donors (Lipinski definition) is 1. The molecule has 1 saturated heterocycles. The van der Waals surface area contributed by atoms with Gasteiger partial charge in [-0.3, -0.25) is 4.79 Å². The number of piperidine rings is 1. The summed E-state index contributed by atoms with van der Waals surface area (Å²) in [5, 5.41) is 10.4. The van der Waals surface area contributed by atoms with Crippen LogP contribution in [0.5, 0.6) is 5.75 Å². The SMILES string of the molecule is CC(C)c1cccc(O[C@@H]2CCN(C(=O)c3ccc(Cl)s3)C[C@H]2O)c1. The summed E-state index contributed by atoms with van der Waals surface area (Å²) in [5.41, 5.74) is 1.20. The van der Waals surface area contributed by atoms with Crippen LogP contribution in [0.2, 0.25) is 4.34 Å². The van der Waals surface area contributed by atoms with Crippen LogP contribution < -0.4 is 4.74 Å². The van der Waals surface area contributed by atoms with E-state index in [-0.39, 0.29) is 18.6 Å². The van der Waals surface area contributed by atoms with E-state index >= 15 is 0 Å². The number of rotatable bonds is 4. The number of aliphatic hydroxyl groups excluding tert-OH is 1. The molecule has 6 heteroatoms. The van der Waals surface area contributed by atoms with Gasteiger partial charge in [-0.15, -0.1) is 11.3 Å². The number of benzene rings is 1. The molecule has 4 nitrogen and oxygen atoms in total. The standard InChI is InChI=1S/C19H22ClNO3S/c1-12(2)13-4-3-5-14(10-13)24-16-8-9-21(11-15(16)22)19(23)17-6-7-18(20)25-17/h3-7,10,12,15-16,22H,8-9,11H2,1-2H3/t15-,16-/m1/s1. The highest BCUT2D eigenvalue weighted by molar-refractivity contribution is 7.17. The second-order valence-corrected chi connectivity index (χ2v) is 8.31. The van der Waals surface area contributed by atoms with Crippen LogP contribution in [0.15, 0.2) is 36.4 Å². The Morgan fingerprint density at radius 1 is 1.36 bits per heavy atom. The predicted octanol–water partition coefficient (Wildman–Crippen LogP) is 4.18. The van der Waals surface area contributed by atoms with Crippen molar-refractivity contribution in [3.8, 4) is 5.75 Å². The molecular formula is C19H22ClNO3S. The van der Waals surface area contributed by atoms with Crippen LogP contribution in [-0.2, 0) is 0 Å². The molecule has 0 saturated carbocycles. The van der Waals surface area contributed by atoms with Crippen molar-refractivity contribution >= 4 is 28.8 Å². The van der Waals surface area contributed by atoms with Crippen molar-refractivity contribution in [2.75, 3.05) is 13.1 Å². The normalized spacial score (nSPS) is 20.8. The zero-order valence-electron chi connectivity index (χ0n) is 14.3. The van der Waals surface area contributed by atoms with Crippen LogP contribution in [-0.4, -0.2) is 41.2 Å². The van der Waals surface area contributed by atoms with Gasteiger partial charge in [-0.1, -0.05) is 37.6 Å². The molecule has 1 N–H and O–H groups in total. The number of ether oxygens (including phenoxy) is 1. The summed E-state index contributed by atoms with van der Waals surface area (Å²) in [5.74, 6) is 1.10. The summed E-state index contributed by atoms with van der Waals surface area (Å²) in [7, 11) is 0. The molecule has 1 aliphatic heterocycles. The molecule has 2 heterocycles. The minimum atomic E-state index is -0.712. The molecule has 0 radical (unpaired) electrons. The van der Waals surface area contributed by atoms with E-state index in [0.29, 0.717) is 28.1 Å². The number of likely N-dealkylation sites (tertiary alicyclic amines) is 1. The van der Waals surface area contributed by atoms with E-state index in [9.17, 15) is 9.90 Å². The molecule has 0 aliphatic carbocycles. The lowest BCUT2D eigenvalue weighted by molar-refractivity contribution is -0.0197. The van der Waals surface area contributed by atoms with Crippen molar-refractivity contribution in [1.29, 1.82) is 0 Å². The molecule has 1 aromatic heterocycles. The third kappa shape index (κ3) is 4.35. The van der Waals surface area contributed by atoms with Crippen LogP contribution in [0.25, 0.3) is 0 Å². The number of amides is 1. The van der Waals surface area contributed by atoms with Crippen LogP contribution in [0.4, 0.5) is 0 Å². The van der Waals surface area contributed by atoms with Gasteiger partial charge in [-0.25, -0.2) is 0 Å². The fourth-order valence-corrected chi connectivity index (χ4v) is 3.95. The maximum Gasteiger partial charge on any atom is 0.264 e. The van der Waals surface area contributed by atoms with E-state index in [1.165, 1.54) is 16.9 Å². The first-order valence-corrected chi connectivity index (χ1v) is 9.63. The highest BCUT2D eigenvalue weighted by Crippen LogP contribution is 2.26. The predicted molar refractivity (Wildman–Crippen MR) is 101 cm³/mol. The van der Waals surface area contributed by atoms with Crippen LogP contribution in [0.3, 0.4) is 0 Å². The largest absolute Gasteiger partial charge is 0.488 e. The fourth-order valence-electron chi connectivity index (χ4n) is 2.94. The number of halogens is 1. The van der Waals surface area contributed by atoms with Crippen LogP contribution >= 0.6 is 22.9 Å². The topological polar surface area (TPSA) is 49.8 Å². The van der Waals surface area contributed by atoms with E-state index in [2.05, 4.69) is 19.9 Å². The second kappa shape index (κ2) is 7.77. The van der Waals surface area contributed by atoms with Crippen LogP contribution in [0.1, 0.15) is 41.4 Å². The zero-order chi connectivity index (χ0) is 18.0. The van der Waals surface area contributed by atoms with Gasteiger partial charge in [0.1, 0.15) is 18.0 Å². The van der Waals surface area contributed by atoms with Crippen molar-refractivity contribution in [3.63, 3.8) is 0 Å². The summed E-state index contributed by atoms with van der Waals surface area (Å²) in [6, 6.07) is 11.4. The average molecular weight is 380 g/mol. The number of thiophene rings is 1. The third-order valence-corrected chi connectivity index (χ3v) is 5.62. The van der Waals surface area contributed by atoms with Gasteiger partial charge in [0.2, 0.25) is 0 Å². The van der Waals surface area contributed by atoms with Gasteiger partial charge in [0, 0.05) is 13.0 Å². The number of aliphatic hydroxyl groups is 1.